The van der Waals surface area contributed by atoms with Crippen LogP contribution < -0.4 is 31.1 Å². The van der Waals surface area contributed by atoms with Crippen LogP contribution in [0.2, 0.25) is 0 Å². The number of benzene rings is 2. The van der Waals surface area contributed by atoms with Crippen LogP contribution >= 0.6 is 0 Å². The number of fused-ring (bicyclic) bond motifs is 4. The van der Waals surface area contributed by atoms with Crippen LogP contribution in [-0.4, -0.2) is 109 Å². The van der Waals surface area contributed by atoms with E-state index in [-0.39, 0.29) is 0 Å². The van der Waals surface area contributed by atoms with Crippen LogP contribution in [0.5, 0.6) is 0 Å². The lowest BCUT2D eigenvalue weighted by atomic mass is 9.77. The molecule has 4 aromatic rings. The van der Waals surface area contributed by atoms with Gasteiger partial charge in [-0.15, -0.1) is 0 Å². The zero-order valence-corrected chi connectivity index (χ0v) is 38.3. The van der Waals surface area contributed by atoms with Gasteiger partial charge in [0.15, 0.2) is 0 Å². The maximum Gasteiger partial charge on any atom is 0.0613 e. The van der Waals surface area contributed by atoms with E-state index in [0.29, 0.717) is 54.3 Å². The van der Waals surface area contributed by atoms with E-state index in [1.165, 1.54) is 63.4 Å². The smallest absolute Gasteiger partial charge is 0.0613 e. The minimum Gasteiger partial charge on any atom is -0.368 e. The lowest BCUT2D eigenvalue weighted by molar-refractivity contribution is 0.187. The summed E-state index contributed by atoms with van der Waals surface area (Å²) in [6.45, 7) is 17.4. The topological polar surface area (TPSA) is 86.9 Å². The Balaban J connectivity index is 0.886. The fourth-order valence-corrected chi connectivity index (χ4v) is 12.7. The van der Waals surface area contributed by atoms with Crippen molar-refractivity contribution < 1.29 is 0 Å². The van der Waals surface area contributed by atoms with Gasteiger partial charge in [0.2, 0.25) is 0 Å². The van der Waals surface area contributed by atoms with Crippen molar-refractivity contribution in [3.63, 3.8) is 0 Å². The number of nitrogens with one attached hydrogen (secondary N) is 4. The molecular weight excluding hydrogens is 765 g/mol. The zero-order valence-electron chi connectivity index (χ0n) is 38.3. The first-order valence-electron chi connectivity index (χ1n) is 24.2. The highest BCUT2D eigenvalue weighted by Crippen LogP contribution is 2.45. The molecule has 4 aliphatic heterocycles. The summed E-state index contributed by atoms with van der Waals surface area (Å²) in [6, 6.07) is 24.5. The van der Waals surface area contributed by atoms with E-state index in [0.717, 1.165) is 84.5 Å². The SMILES string of the molecule is C[C@@H]1CN(c2cc(C3CC[C@H](N(C)C[C@@H]4Cc5c(cccc5N5C[C@@H](C)N[C@@H](C)C5)CN4)c4ncccc43)cc3c2C[C@H](CN(C)[C@H]2CCCc4cccnc42)NC3)C[C@H](C)N1. The summed E-state index contributed by atoms with van der Waals surface area (Å²) in [7, 11) is 4.67. The molecule has 6 aliphatic rings. The summed E-state index contributed by atoms with van der Waals surface area (Å²) < 4.78 is 0. The summed E-state index contributed by atoms with van der Waals surface area (Å²) in [5.74, 6) is 0.332. The van der Waals surface area contributed by atoms with Crippen molar-refractivity contribution >= 4 is 11.4 Å². The number of aromatic nitrogens is 2. The van der Waals surface area contributed by atoms with Crippen LogP contribution in [0.3, 0.4) is 0 Å². The Morgan fingerprint density at radius 2 is 1.19 bits per heavy atom. The Labute approximate surface area is 371 Å². The van der Waals surface area contributed by atoms with Gasteiger partial charge in [-0.1, -0.05) is 30.3 Å². The molecule has 2 aliphatic carbocycles. The van der Waals surface area contributed by atoms with Crippen molar-refractivity contribution in [2.24, 2.45) is 0 Å². The van der Waals surface area contributed by atoms with Crippen LogP contribution in [-0.2, 0) is 32.4 Å². The number of rotatable bonds is 9. The van der Waals surface area contributed by atoms with E-state index in [9.17, 15) is 0 Å². The highest BCUT2D eigenvalue weighted by Gasteiger charge is 2.36. The average Bonchev–Trinajstić information content (AvgIpc) is 3.27. The lowest BCUT2D eigenvalue weighted by Gasteiger charge is -2.42. The van der Waals surface area contributed by atoms with Gasteiger partial charge < -0.3 is 31.1 Å². The Kier molecular flexibility index (Phi) is 12.2. The molecule has 62 heavy (non-hydrogen) atoms. The highest BCUT2D eigenvalue weighted by molar-refractivity contribution is 5.62. The Morgan fingerprint density at radius 1 is 0.613 bits per heavy atom. The van der Waals surface area contributed by atoms with Crippen molar-refractivity contribution in [2.45, 2.75) is 140 Å². The van der Waals surface area contributed by atoms with E-state index in [1.807, 2.05) is 12.4 Å². The molecule has 2 aromatic heterocycles. The molecule has 9 atom stereocenters. The number of nitrogens with zero attached hydrogens (tertiary/aromatic N) is 6. The molecule has 2 aromatic carbocycles. The second-order valence-electron chi connectivity index (χ2n) is 20.4. The number of pyridine rings is 2. The normalized spacial score (nSPS) is 29.8. The van der Waals surface area contributed by atoms with Gasteiger partial charge in [0.05, 0.1) is 23.5 Å². The van der Waals surface area contributed by atoms with Crippen LogP contribution in [0.15, 0.2) is 67.0 Å². The summed E-state index contributed by atoms with van der Waals surface area (Å²) in [5, 5.41) is 15.5. The monoisotopic (exact) mass is 837 g/mol. The first-order valence-corrected chi connectivity index (χ1v) is 24.2. The van der Waals surface area contributed by atoms with Crippen LogP contribution in [0.1, 0.15) is 122 Å². The lowest BCUT2D eigenvalue weighted by Crippen LogP contribution is -2.55. The third-order valence-corrected chi connectivity index (χ3v) is 15.4. The fraction of sp³-hybridized carbons (Fsp3) is 0.577. The Hall–Kier alpha value is -3.90. The van der Waals surface area contributed by atoms with E-state index in [1.54, 1.807) is 11.1 Å². The molecule has 2 fully saturated rings. The first kappa shape index (κ1) is 42.1. The van der Waals surface area contributed by atoms with Gasteiger partial charge in [-0.25, -0.2) is 0 Å². The largest absolute Gasteiger partial charge is 0.368 e. The van der Waals surface area contributed by atoms with Gasteiger partial charge in [0.1, 0.15) is 0 Å². The maximum absolute atomic E-state index is 5.21. The standard InChI is InChI=1S/C52H72N10/c1-33-27-61(28-34(2)57-33)47-15-8-12-38-25-55-41(23-45(38)47)32-60(6)49-18-17-43(44-14-10-20-54-52(44)49)39-21-40-26-56-42(24-46(40)50(22-39)62-29-35(3)58-36(4)30-62)31-59(5)48-16-7-11-37-13-9-19-53-51(37)48/h8-10,12-15,19-22,33-36,41-43,48-49,55-58H,7,11,16-18,23-32H2,1-6H3/t33-,34+,35-,36+,41-,42+,43?,48-,49-/m0/s1. The summed E-state index contributed by atoms with van der Waals surface area (Å²) in [6.07, 6.45) is 11.9. The number of hydrogen-bond donors (Lipinski definition) is 4. The molecular formula is C52H72N10. The maximum atomic E-state index is 5.21. The molecule has 0 saturated carbocycles. The van der Waals surface area contributed by atoms with Crippen LogP contribution in [0.25, 0.3) is 0 Å². The van der Waals surface area contributed by atoms with Gasteiger partial charge in [0.25, 0.3) is 0 Å². The summed E-state index contributed by atoms with van der Waals surface area (Å²) >= 11 is 0. The third-order valence-electron chi connectivity index (χ3n) is 15.4. The van der Waals surface area contributed by atoms with E-state index in [4.69, 9.17) is 9.97 Å². The van der Waals surface area contributed by atoms with Gasteiger partial charge >= 0.3 is 0 Å². The van der Waals surface area contributed by atoms with Gasteiger partial charge in [0, 0.05) is 118 Å². The van der Waals surface area contributed by atoms with Gasteiger partial charge in [-0.2, -0.15) is 0 Å². The predicted octanol–water partition coefficient (Wildman–Crippen LogP) is 6.49. The molecule has 0 radical (unpaired) electrons. The second-order valence-corrected chi connectivity index (χ2v) is 20.4. The number of anilines is 2. The van der Waals surface area contributed by atoms with Crippen LogP contribution in [0, 0.1) is 0 Å². The molecule has 0 amide bonds. The highest BCUT2D eigenvalue weighted by atomic mass is 15.2. The molecule has 330 valence electrons. The van der Waals surface area contributed by atoms with Crippen molar-refractivity contribution in [1.29, 1.82) is 0 Å². The third kappa shape index (κ3) is 8.55. The van der Waals surface area contributed by atoms with Gasteiger partial charge in [-0.3, -0.25) is 19.8 Å². The van der Waals surface area contributed by atoms with E-state index >= 15 is 0 Å². The molecule has 0 spiro atoms. The minimum absolute atomic E-state index is 0.300. The molecule has 2 saturated heterocycles. The molecule has 10 heteroatoms. The number of hydrogen-bond acceptors (Lipinski definition) is 10. The van der Waals surface area contributed by atoms with E-state index < -0.39 is 0 Å². The number of likely N-dealkylation sites (N-methyl/N-ethyl adjacent to an activating group) is 2. The quantitative estimate of drug-likeness (QED) is 0.150. The Bertz CT molecular complexity index is 2190. The molecule has 6 heterocycles. The Morgan fingerprint density at radius 3 is 1.89 bits per heavy atom. The number of piperazine rings is 2. The van der Waals surface area contributed by atoms with Crippen molar-refractivity contribution in [1.82, 2.24) is 41.0 Å². The first-order chi connectivity index (χ1) is 30.1. The van der Waals surface area contributed by atoms with Crippen molar-refractivity contribution in [2.75, 3.05) is 63.2 Å². The molecule has 1 unspecified atom stereocenters. The van der Waals surface area contributed by atoms with E-state index in [2.05, 4.69) is 137 Å². The molecule has 4 N–H and O–H groups in total. The van der Waals surface area contributed by atoms with Crippen molar-refractivity contribution in [3.05, 3.63) is 117 Å². The number of aryl methyl sites for hydroxylation is 1. The van der Waals surface area contributed by atoms with Crippen LogP contribution in [0.4, 0.5) is 11.4 Å². The predicted molar refractivity (Wildman–Crippen MR) is 253 cm³/mol. The second kappa shape index (κ2) is 17.9. The molecule has 10 rings (SSSR count). The summed E-state index contributed by atoms with van der Waals surface area (Å²) in [4.78, 5) is 20.7. The zero-order chi connectivity index (χ0) is 42.5. The average molecular weight is 837 g/mol. The fourth-order valence-electron chi connectivity index (χ4n) is 12.7. The van der Waals surface area contributed by atoms with Crippen molar-refractivity contribution in [3.8, 4) is 0 Å². The molecule has 0 bridgehead atoms. The summed E-state index contributed by atoms with van der Waals surface area (Å²) in [5.41, 5.74) is 15.8. The minimum atomic E-state index is 0.300. The van der Waals surface area contributed by atoms with Gasteiger partial charge in [-0.05, 0) is 150 Å². The molecule has 10 nitrogen and oxygen atoms in total.